The highest BCUT2D eigenvalue weighted by Crippen LogP contribution is 2.12. The molecule has 0 aromatic rings. The van der Waals surface area contributed by atoms with Gasteiger partial charge in [0.15, 0.2) is 0 Å². The summed E-state index contributed by atoms with van der Waals surface area (Å²) in [5.74, 6) is 0. The second kappa shape index (κ2) is 4.43. The van der Waals surface area contributed by atoms with Crippen LogP contribution >= 0.6 is 21.5 Å². The summed E-state index contributed by atoms with van der Waals surface area (Å²) in [6, 6.07) is 0. The van der Waals surface area contributed by atoms with Gasteiger partial charge in [0, 0.05) is 16.4 Å². The van der Waals surface area contributed by atoms with Gasteiger partial charge in [-0.2, -0.15) is 8.42 Å². The molecule has 0 amide bonds. The zero-order valence-corrected chi connectivity index (χ0v) is 7.52. The third-order valence-electron chi connectivity index (χ3n) is 0.627. The summed E-state index contributed by atoms with van der Waals surface area (Å²) < 4.78 is 23.4. The summed E-state index contributed by atoms with van der Waals surface area (Å²) in [5, 5.41) is 0. The van der Waals surface area contributed by atoms with E-state index in [1.54, 1.807) is 0 Å². The first-order valence-corrected chi connectivity index (χ1v) is 6.32. The Morgan fingerprint density at radius 3 is 2.56 bits per heavy atom. The predicted octanol–water partition coefficient (Wildman–Crippen LogP) is 0.809. The van der Waals surface area contributed by atoms with Crippen molar-refractivity contribution in [3.63, 3.8) is 0 Å². The Kier molecular flexibility index (Phi) is 4.73. The molecule has 0 aliphatic rings. The van der Waals surface area contributed by atoms with E-state index in [2.05, 4.69) is 16.4 Å². The molecule has 1 N–H and O–H groups in total. The average Bonchev–Trinajstić information content (AvgIpc) is 1.84. The van der Waals surface area contributed by atoms with E-state index in [1.165, 1.54) is 0 Å². The van der Waals surface area contributed by atoms with Crippen molar-refractivity contribution in [2.45, 2.75) is 13.3 Å². The Morgan fingerprint density at radius 1 is 1.67 bits per heavy atom. The maximum Gasteiger partial charge on any atom is 0.274 e. The topological polar surface area (TPSA) is 46.2 Å². The molecule has 0 fully saturated rings. The zero-order chi connectivity index (χ0) is 7.33. The molecule has 0 aromatic heterocycles. The average molecular weight is 187 g/mol. The van der Waals surface area contributed by atoms with Gasteiger partial charge in [-0.05, 0) is 6.42 Å². The van der Waals surface area contributed by atoms with Crippen LogP contribution in [0, 0.1) is 0 Å². The van der Waals surface area contributed by atoms with Gasteiger partial charge in [0.2, 0.25) is 0 Å². The molecule has 0 rings (SSSR count). The number of hydrogen-bond donors (Lipinski definition) is 2. The summed E-state index contributed by atoms with van der Waals surface area (Å²) >= 11 is 3.54. The van der Waals surface area contributed by atoms with E-state index >= 15 is 0 Å². The molecule has 0 saturated carbocycles. The van der Waals surface area contributed by atoms with Gasteiger partial charge in [0.25, 0.3) is 9.06 Å². The van der Waals surface area contributed by atoms with Crippen LogP contribution < -0.4 is 4.72 Å². The highest BCUT2D eigenvalue weighted by Gasteiger charge is 2.04. The predicted molar refractivity (Wildman–Crippen MR) is 43.8 cm³/mol. The van der Waals surface area contributed by atoms with E-state index in [4.69, 9.17) is 0 Å². The largest absolute Gasteiger partial charge is 0.274 e. The van der Waals surface area contributed by atoms with Crippen molar-refractivity contribution < 1.29 is 8.42 Å². The van der Waals surface area contributed by atoms with Gasteiger partial charge in [0.05, 0.1) is 0 Å². The van der Waals surface area contributed by atoms with Crippen LogP contribution in [0.1, 0.15) is 13.3 Å². The lowest BCUT2D eigenvalue weighted by molar-refractivity contribution is 0.597. The molecule has 3 nitrogen and oxygen atoms in total. The molecule has 6 heteroatoms. The minimum absolute atomic E-state index is 0.482. The van der Waals surface area contributed by atoms with Gasteiger partial charge in [-0.15, -0.1) is 0 Å². The van der Waals surface area contributed by atoms with Gasteiger partial charge >= 0.3 is 0 Å². The first-order valence-electron chi connectivity index (χ1n) is 2.45. The molecule has 0 spiro atoms. The lowest BCUT2D eigenvalue weighted by atomic mass is 10.5. The third-order valence-corrected chi connectivity index (χ3v) is 4.09. The van der Waals surface area contributed by atoms with Crippen LogP contribution in [0.4, 0.5) is 0 Å². The molecule has 0 bridgehead atoms. The normalized spacial score (nSPS) is 11.8. The Labute approximate surface area is 63.9 Å². The van der Waals surface area contributed by atoms with Gasteiger partial charge in [0.1, 0.15) is 0 Å². The number of rotatable bonds is 4. The quantitative estimate of drug-likeness (QED) is 0.506. The summed E-state index contributed by atoms with van der Waals surface area (Å²) in [6.45, 7) is 2.38. The number of thiol groups is 1. The van der Waals surface area contributed by atoms with Gasteiger partial charge in [-0.3, -0.25) is 0 Å². The van der Waals surface area contributed by atoms with Crippen LogP contribution in [-0.2, 0) is 9.06 Å². The first-order chi connectivity index (χ1) is 4.12. The van der Waals surface area contributed by atoms with Crippen LogP contribution in [0.25, 0.3) is 0 Å². The minimum atomic E-state index is -3.15. The molecule has 0 aromatic carbocycles. The van der Waals surface area contributed by atoms with E-state index in [1.807, 2.05) is 6.92 Å². The van der Waals surface area contributed by atoms with E-state index in [0.29, 0.717) is 16.4 Å². The Balaban J connectivity index is 3.61. The van der Waals surface area contributed by atoms with Crippen molar-refractivity contribution in [2.24, 2.45) is 0 Å². The van der Waals surface area contributed by atoms with Crippen LogP contribution in [-0.4, -0.2) is 15.0 Å². The molecule has 0 aliphatic carbocycles. The molecular weight excluding hydrogens is 178 g/mol. The monoisotopic (exact) mass is 187 g/mol. The first kappa shape index (κ1) is 9.61. The summed E-state index contributed by atoms with van der Waals surface area (Å²) in [6.07, 6.45) is 0.799. The van der Waals surface area contributed by atoms with E-state index < -0.39 is 9.06 Å². The maximum absolute atomic E-state index is 10.5. The molecule has 0 aliphatic heterocycles. The van der Waals surface area contributed by atoms with Crippen molar-refractivity contribution in [3.05, 3.63) is 0 Å². The van der Waals surface area contributed by atoms with Crippen molar-refractivity contribution in [1.82, 2.24) is 4.72 Å². The minimum Gasteiger partial charge on any atom is -0.206 e. The Morgan fingerprint density at radius 2 is 2.22 bits per heavy atom. The lowest BCUT2D eigenvalue weighted by Gasteiger charge is -1.97. The molecule has 0 heterocycles. The fourth-order valence-corrected chi connectivity index (χ4v) is 1.64. The summed E-state index contributed by atoms with van der Waals surface area (Å²) in [5.41, 5.74) is 0. The second-order valence-electron chi connectivity index (χ2n) is 1.42. The van der Waals surface area contributed by atoms with Crippen molar-refractivity contribution >= 4 is 30.5 Å². The standard InChI is InChI=1S/C3H9NO2S3/c1-2-3-4-9(5,6)8-7/h4,7H,2-3H2,1H3. The van der Waals surface area contributed by atoms with Crippen LogP contribution in [0.3, 0.4) is 0 Å². The maximum atomic E-state index is 10.5. The Hall–Kier alpha value is 0.610. The number of hydrogen-bond acceptors (Lipinski definition) is 4. The van der Waals surface area contributed by atoms with Crippen molar-refractivity contribution in [2.75, 3.05) is 6.54 Å². The summed E-state index contributed by atoms with van der Waals surface area (Å²) in [4.78, 5) is 0. The Bertz CT molecular complexity index is 152. The molecule has 9 heavy (non-hydrogen) atoms. The van der Waals surface area contributed by atoms with Crippen LogP contribution in [0.15, 0.2) is 0 Å². The third kappa shape index (κ3) is 5.07. The molecule has 0 radical (unpaired) electrons. The lowest BCUT2D eigenvalue weighted by Crippen LogP contribution is -2.19. The van der Waals surface area contributed by atoms with E-state index in [9.17, 15) is 8.42 Å². The molecular formula is C3H9NO2S3. The van der Waals surface area contributed by atoms with Gasteiger partial charge < -0.3 is 0 Å². The van der Waals surface area contributed by atoms with Gasteiger partial charge in [-0.25, -0.2) is 4.72 Å². The fourth-order valence-electron chi connectivity index (χ4n) is 0.253. The SMILES string of the molecule is CCCNS(=O)(=O)SS. The smallest absolute Gasteiger partial charge is 0.206 e. The zero-order valence-electron chi connectivity index (χ0n) is 4.99. The summed E-state index contributed by atoms with van der Waals surface area (Å²) in [7, 11) is -2.63. The van der Waals surface area contributed by atoms with Gasteiger partial charge in [-0.1, -0.05) is 18.6 Å². The molecule has 0 unspecified atom stereocenters. The van der Waals surface area contributed by atoms with E-state index in [-0.39, 0.29) is 0 Å². The molecule has 0 atom stereocenters. The highest BCUT2D eigenvalue weighted by atomic mass is 33.5. The van der Waals surface area contributed by atoms with Crippen LogP contribution in [0.5, 0.6) is 0 Å². The van der Waals surface area contributed by atoms with E-state index in [0.717, 1.165) is 6.42 Å². The highest BCUT2D eigenvalue weighted by molar-refractivity contribution is 9.02. The molecule has 56 valence electrons. The molecule has 0 saturated heterocycles. The van der Waals surface area contributed by atoms with Crippen LogP contribution in [0.2, 0.25) is 0 Å². The van der Waals surface area contributed by atoms with Crippen molar-refractivity contribution in [1.29, 1.82) is 0 Å². The number of nitrogens with one attached hydrogen (secondary N) is 1. The van der Waals surface area contributed by atoms with Crippen molar-refractivity contribution in [3.8, 4) is 0 Å². The fraction of sp³-hybridized carbons (Fsp3) is 1.00. The second-order valence-corrected chi connectivity index (χ2v) is 5.87.